The van der Waals surface area contributed by atoms with Crippen molar-refractivity contribution in [1.29, 1.82) is 0 Å². The van der Waals surface area contributed by atoms with Crippen molar-refractivity contribution in [2.24, 2.45) is 0 Å². The molecule has 3 aromatic carbocycles. The summed E-state index contributed by atoms with van der Waals surface area (Å²) < 4.78 is 75.0. The van der Waals surface area contributed by atoms with Crippen molar-refractivity contribution in [2.75, 3.05) is 13.2 Å². The Morgan fingerprint density at radius 3 is 2.25 bits per heavy atom. The highest BCUT2D eigenvalue weighted by Gasteiger charge is 2.34. The Bertz CT molecular complexity index is 1450. The Hall–Kier alpha value is -2.73. The normalized spacial score (nSPS) is 13.8. The minimum absolute atomic E-state index is 0.0442. The van der Waals surface area contributed by atoms with Crippen molar-refractivity contribution in [2.45, 2.75) is 29.9 Å². The number of ether oxygens (including phenoxy) is 1. The van der Waals surface area contributed by atoms with Crippen LogP contribution in [0.2, 0.25) is 10.0 Å². The second-order valence-electron chi connectivity index (χ2n) is 8.34. The minimum atomic E-state index is -5.16. The zero-order valence-electron chi connectivity index (χ0n) is 20.7. The van der Waals surface area contributed by atoms with Crippen LogP contribution in [0.3, 0.4) is 0 Å². The third kappa shape index (κ3) is 9.43. The summed E-state index contributed by atoms with van der Waals surface area (Å²) in [5.41, 5.74) is 0.427. The summed E-state index contributed by atoms with van der Waals surface area (Å²) in [6, 6.07) is 16.1. The summed E-state index contributed by atoms with van der Waals surface area (Å²) in [6.07, 6.45) is -3.31. The van der Waals surface area contributed by atoms with Gasteiger partial charge in [-0.2, -0.15) is 13.5 Å². The first-order chi connectivity index (χ1) is 18.9. The predicted molar refractivity (Wildman–Crippen MR) is 147 cm³/mol. The van der Waals surface area contributed by atoms with Crippen LogP contribution in [-0.4, -0.2) is 44.6 Å². The van der Waals surface area contributed by atoms with Gasteiger partial charge in [0.15, 0.2) is 0 Å². The zero-order chi connectivity index (χ0) is 29.3. The quantitative estimate of drug-likeness (QED) is 0.163. The van der Waals surface area contributed by atoms with Crippen LogP contribution in [0.4, 0.5) is 8.78 Å². The van der Waals surface area contributed by atoms with E-state index in [-0.39, 0.29) is 30.2 Å². The van der Waals surface area contributed by atoms with Gasteiger partial charge in [-0.25, -0.2) is 13.0 Å². The third-order valence-electron chi connectivity index (χ3n) is 5.29. The molecule has 1 unspecified atom stereocenters. The molecule has 216 valence electrons. The Morgan fingerprint density at radius 1 is 0.975 bits per heavy atom. The highest BCUT2D eigenvalue weighted by molar-refractivity contribution is 7.89. The fraction of sp³-hybridized carbons (Fsp3) is 0.240. The molecular formula is C25H25Cl2F2N2O7PS. The van der Waals surface area contributed by atoms with E-state index >= 15 is 0 Å². The molecule has 0 aliphatic rings. The lowest BCUT2D eigenvalue weighted by molar-refractivity contribution is -0.122. The topological polar surface area (TPSA) is 131 Å². The first-order valence-electron chi connectivity index (χ1n) is 11.7. The molecule has 0 aliphatic heterocycles. The summed E-state index contributed by atoms with van der Waals surface area (Å²) in [5.74, 6) is -0.414. The lowest BCUT2D eigenvalue weighted by Crippen LogP contribution is -2.48. The molecule has 9 nitrogen and oxygen atoms in total. The molecule has 3 rings (SSSR count). The van der Waals surface area contributed by atoms with Gasteiger partial charge in [0, 0.05) is 12.6 Å². The van der Waals surface area contributed by atoms with Gasteiger partial charge in [-0.05, 0) is 54.8 Å². The van der Waals surface area contributed by atoms with E-state index in [1.165, 1.54) is 48.5 Å². The lowest BCUT2D eigenvalue weighted by Gasteiger charge is -2.19. The van der Waals surface area contributed by atoms with Gasteiger partial charge in [0.05, 0.1) is 21.5 Å². The van der Waals surface area contributed by atoms with Crippen molar-refractivity contribution in [3.8, 4) is 11.5 Å². The monoisotopic (exact) mass is 636 g/mol. The van der Waals surface area contributed by atoms with Gasteiger partial charge >= 0.3 is 13.8 Å². The molecule has 2 atom stereocenters. The maximum absolute atomic E-state index is 13.0. The molecule has 0 aliphatic carbocycles. The number of nitrogens with one attached hydrogen (secondary N) is 2. The second-order valence-corrected chi connectivity index (χ2v) is 12.6. The van der Waals surface area contributed by atoms with Gasteiger partial charge in [0.1, 0.15) is 17.5 Å². The Labute approximate surface area is 240 Å². The molecule has 0 aromatic heterocycles. The molecule has 0 fully saturated rings. The molecule has 0 radical (unpaired) electrons. The number of hydrogen-bond donors (Lipinski definition) is 3. The van der Waals surface area contributed by atoms with Crippen molar-refractivity contribution in [1.82, 2.24) is 10.0 Å². The van der Waals surface area contributed by atoms with E-state index in [4.69, 9.17) is 27.9 Å². The number of alkyl halides is 2. The van der Waals surface area contributed by atoms with E-state index in [1.807, 2.05) is 0 Å². The van der Waals surface area contributed by atoms with Crippen LogP contribution in [0.1, 0.15) is 12.0 Å². The zero-order valence-corrected chi connectivity index (χ0v) is 23.9. The molecular weight excluding hydrogens is 612 g/mol. The number of carbonyl (C=O) groups is 1. The van der Waals surface area contributed by atoms with Gasteiger partial charge in [0.25, 0.3) is 0 Å². The summed E-state index contributed by atoms with van der Waals surface area (Å²) >= 11 is 11.8. The molecule has 0 saturated heterocycles. The number of halogens is 4. The van der Waals surface area contributed by atoms with E-state index in [9.17, 15) is 31.5 Å². The summed E-state index contributed by atoms with van der Waals surface area (Å²) in [5, 5.41) is 3.38. The van der Waals surface area contributed by atoms with Crippen molar-refractivity contribution in [3.63, 3.8) is 0 Å². The van der Waals surface area contributed by atoms with E-state index in [0.717, 1.165) is 0 Å². The van der Waals surface area contributed by atoms with Crippen LogP contribution in [0.5, 0.6) is 11.5 Å². The first-order valence-corrected chi connectivity index (χ1v) is 15.6. The van der Waals surface area contributed by atoms with Crippen molar-refractivity contribution < 1.29 is 40.7 Å². The third-order valence-corrected chi connectivity index (χ3v) is 8.49. The predicted octanol–water partition coefficient (Wildman–Crippen LogP) is 5.26. The number of amides is 1. The van der Waals surface area contributed by atoms with Gasteiger partial charge < -0.3 is 19.5 Å². The molecule has 0 saturated carbocycles. The number of rotatable bonds is 14. The number of benzene rings is 3. The first kappa shape index (κ1) is 31.8. The summed E-state index contributed by atoms with van der Waals surface area (Å²) in [7, 11) is -9.24. The fourth-order valence-corrected chi connectivity index (χ4v) is 5.33. The lowest BCUT2D eigenvalue weighted by atomic mass is 10.1. The highest BCUT2D eigenvalue weighted by atomic mass is 35.5. The average molecular weight is 637 g/mol. The standard InChI is InChI=1S/C25H25Cl2F2N2O7PS/c26-21-12-11-19(16-22(21)27)37-14-4-13-30-24(32)23(31-40(35,36)20-5-2-1-3-6-20)15-17-7-9-18(10-8-17)38-39(33,34)25(28)29/h1-3,5-12,16,23,25,31H,4,13-15H2,(H,30,32)(H,33,34)/t23-/m0/s1. The van der Waals surface area contributed by atoms with Gasteiger partial charge in [-0.15, -0.1) is 0 Å². The summed E-state index contributed by atoms with van der Waals surface area (Å²) in [6.45, 7) is 0.392. The van der Waals surface area contributed by atoms with Crippen LogP contribution >= 0.6 is 30.8 Å². The average Bonchev–Trinajstić information content (AvgIpc) is 2.91. The van der Waals surface area contributed by atoms with Crippen LogP contribution in [0, 0.1) is 0 Å². The number of hydrogen-bond acceptors (Lipinski definition) is 6. The molecule has 1 amide bonds. The largest absolute Gasteiger partial charge is 0.493 e. The molecule has 0 heterocycles. The molecule has 0 bridgehead atoms. The SMILES string of the molecule is O=C(NCCCOc1ccc(Cl)c(Cl)c1)[C@H](Cc1ccc(OP(=O)(O)C(F)F)cc1)NS(=O)(=O)c1ccccc1. The molecule has 0 spiro atoms. The Morgan fingerprint density at radius 2 is 1.62 bits per heavy atom. The fourth-order valence-electron chi connectivity index (χ4n) is 3.32. The highest BCUT2D eigenvalue weighted by Crippen LogP contribution is 2.48. The molecule has 40 heavy (non-hydrogen) atoms. The van der Waals surface area contributed by atoms with E-state index < -0.39 is 35.7 Å². The molecule has 3 aromatic rings. The van der Waals surface area contributed by atoms with Crippen LogP contribution in [-0.2, 0) is 25.8 Å². The second kappa shape index (κ2) is 14.2. The smallest absolute Gasteiger partial charge is 0.442 e. The van der Waals surface area contributed by atoms with Crippen molar-refractivity contribution >= 4 is 46.7 Å². The van der Waals surface area contributed by atoms with Gasteiger partial charge in [0.2, 0.25) is 15.9 Å². The van der Waals surface area contributed by atoms with Crippen molar-refractivity contribution in [3.05, 3.63) is 88.4 Å². The maximum Gasteiger partial charge on any atom is 0.442 e. The minimum Gasteiger partial charge on any atom is -0.493 e. The van der Waals surface area contributed by atoms with Crippen LogP contribution < -0.4 is 19.3 Å². The maximum atomic E-state index is 13.0. The Kier molecular flexibility index (Phi) is 11.3. The van der Waals surface area contributed by atoms with E-state index in [2.05, 4.69) is 14.6 Å². The van der Waals surface area contributed by atoms with Crippen LogP contribution in [0.15, 0.2) is 77.7 Å². The Balaban J connectivity index is 1.65. The van der Waals surface area contributed by atoms with E-state index in [1.54, 1.807) is 24.3 Å². The number of carbonyl (C=O) groups excluding carboxylic acids is 1. The molecule has 3 N–H and O–H groups in total. The van der Waals surface area contributed by atoms with Crippen LogP contribution in [0.25, 0.3) is 0 Å². The number of sulfonamides is 1. The summed E-state index contributed by atoms with van der Waals surface area (Å²) in [4.78, 5) is 22.2. The van der Waals surface area contributed by atoms with E-state index in [0.29, 0.717) is 27.8 Å². The molecule has 15 heteroatoms. The van der Waals surface area contributed by atoms with Gasteiger partial charge in [-0.3, -0.25) is 4.79 Å². The van der Waals surface area contributed by atoms with Gasteiger partial charge in [-0.1, -0.05) is 53.5 Å².